The predicted octanol–water partition coefficient (Wildman–Crippen LogP) is 7.23. The van der Waals surface area contributed by atoms with Gasteiger partial charge in [-0.1, -0.05) is 84.4 Å². The van der Waals surface area contributed by atoms with Crippen LogP contribution in [0, 0.1) is 6.92 Å². The van der Waals surface area contributed by atoms with Crippen LogP contribution in [-0.4, -0.2) is 11.9 Å². The van der Waals surface area contributed by atoms with Gasteiger partial charge in [-0.15, -0.1) is 0 Å². The number of nitrogens with zero attached hydrogens (tertiary/aromatic N) is 1. The third-order valence-corrected chi connectivity index (χ3v) is 5.08. The molecule has 0 saturated heterocycles. The first-order valence-corrected chi connectivity index (χ1v) is 10.6. The highest BCUT2D eigenvalue weighted by Gasteiger charge is 2.20. The van der Waals surface area contributed by atoms with Gasteiger partial charge in [-0.3, -0.25) is 4.79 Å². The molecule has 33 heavy (non-hydrogen) atoms. The number of hydrogen-bond acceptors (Lipinski definition) is 3. The highest BCUT2D eigenvalue weighted by Crippen LogP contribution is 2.28. The molecule has 4 rings (SSSR count). The summed E-state index contributed by atoms with van der Waals surface area (Å²) in [5.74, 6) is 0.249. The number of rotatable bonds is 6. The van der Waals surface area contributed by atoms with Crippen LogP contribution in [0.3, 0.4) is 0 Å². The molecule has 4 aromatic rings. The van der Waals surface area contributed by atoms with Gasteiger partial charge in [0.1, 0.15) is 5.75 Å². The molecule has 0 bridgehead atoms. The normalized spacial score (nSPS) is 10.7. The maximum atomic E-state index is 13.3. The van der Waals surface area contributed by atoms with Crippen molar-refractivity contribution in [1.82, 2.24) is 0 Å². The number of allylic oxidation sites excluding steroid dienone is 1. The van der Waals surface area contributed by atoms with E-state index in [1.807, 2.05) is 85.8 Å². The van der Waals surface area contributed by atoms with Crippen molar-refractivity contribution in [3.63, 3.8) is 0 Å². The van der Waals surface area contributed by atoms with Crippen molar-refractivity contribution in [3.05, 3.63) is 132 Å². The maximum Gasteiger partial charge on any atom is 0.424 e. The molecule has 0 saturated carbocycles. The summed E-state index contributed by atoms with van der Waals surface area (Å²) < 4.78 is 5.79. The van der Waals surface area contributed by atoms with Crippen LogP contribution in [0.2, 0.25) is 0 Å². The summed E-state index contributed by atoms with van der Waals surface area (Å²) >= 11 is 0. The van der Waals surface area contributed by atoms with E-state index >= 15 is 0 Å². The molecule has 162 valence electrons. The molecule has 0 atom stereocenters. The van der Waals surface area contributed by atoms with Crippen molar-refractivity contribution in [3.8, 4) is 5.75 Å². The van der Waals surface area contributed by atoms with Gasteiger partial charge in [-0.2, -0.15) is 0 Å². The quantitative estimate of drug-likeness (QED) is 0.238. The van der Waals surface area contributed by atoms with E-state index in [2.05, 4.69) is 0 Å². The molecule has 4 heteroatoms. The summed E-state index contributed by atoms with van der Waals surface area (Å²) in [7, 11) is 0. The molecule has 0 aliphatic rings. The molecule has 0 spiro atoms. The smallest absolute Gasteiger partial charge is 0.409 e. The summed E-state index contributed by atoms with van der Waals surface area (Å²) in [6, 6.07) is 33.2. The summed E-state index contributed by atoms with van der Waals surface area (Å²) in [4.78, 5) is 27.3. The van der Waals surface area contributed by atoms with Gasteiger partial charge in [-0.05, 0) is 49.4 Å². The number of hydrogen-bond donors (Lipinski definition) is 0. The van der Waals surface area contributed by atoms with E-state index in [0.717, 1.165) is 5.56 Å². The molecule has 0 fully saturated rings. The Morgan fingerprint density at radius 2 is 1.24 bits per heavy atom. The van der Waals surface area contributed by atoms with Crippen molar-refractivity contribution in [2.24, 2.45) is 0 Å². The van der Waals surface area contributed by atoms with Gasteiger partial charge in [0.2, 0.25) is 0 Å². The number of ketones is 1. The van der Waals surface area contributed by atoms with Gasteiger partial charge < -0.3 is 4.74 Å². The van der Waals surface area contributed by atoms with E-state index in [9.17, 15) is 9.59 Å². The van der Waals surface area contributed by atoms with Crippen LogP contribution in [0.4, 0.5) is 16.2 Å². The second kappa shape index (κ2) is 10.2. The molecule has 4 nitrogen and oxygen atoms in total. The molecule has 4 aromatic carbocycles. The van der Waals surface area contributed by atoms with E-state index in [1.165, 1.54) is 11.0 Å². The van der Waals surface area contributed by atoms with Crippen molar-refractivity contribution in [2.75, 3.05) is 4.90 Å². The van der Waals surface area contributed by atoms with E-state index in [4.69, 9.17) is 4.74 Å². The fourth-order valence-electron chi connectivity index (χ4n) is 3.34. The van der Waals surface area contributed by atoms with Crippen molar-refractivity contribution >= 4 is 29.3 Å². The molecule has 0 heterocycles. The summed E-state index contributed by atoms with van der Waals surface area (Å²) in [6.07, 6.45) is 2.61. The Labute approximate surface area is 193 Å². The summed E-state index contributed by atoms with van der Waals surface area (Å²) in [5.41, 5.74) is 3.71. The fourth-order valence-corrected chi connectivity index (χ4v) is 3.34. The number of amides is 1. The molecule has 1 amide bonds. The Balaban J connectivity index is 1.59. The van der Waals surface area contributed by atoms with E-state index in [-0.39, 0.29) is 5.78 Å². The van der Waals surface area contributed by atoms with Gasteiger partial charge in [0.15, 0.2) is 5.78 Å². The lowest BCUT2D eigenvalue weighted by atomic mass is 10.1. The van der Waals surface area contributed by atoms with Crippen LogP contribution in [0.5, 0.6) is 5.75 Å². The lowest BCUT2D eigenvalue weighted by Gasteiger charge is -2.22. The number of benzene rings is 4. The number of para-hydroxylation sites is 3. The maximum absolute atomic E-state index is 13.3. The highest BCUT2D eigenvalue weighted by atomic mass is 16.6. The number of carbonyl (C=O) groups is 2. The number of ether oxygens (including phenoxy) is 1. The Morgan fingerprint density at radius 1 is 0.697 bits per heavy atom. The molecule has 0 radical (unpaired) electrons. The molecule has 0 aliphatic carbocycles. The topological polar surface area (TPSA) is 46.6 Å². The number of carbonyl (C=O) groups excluding carboxylic acids is 2. The zero-order chi connectivity index (χ0) is 23.0. The predicted molar refractivity (Wildman–Crippen MR) is 132 cm³/mol. The highest BCUT2D eigenvalue weighted by molar-refractivity contribution is 6.07. The first-order chi connectivity index (χ1) is 16.1. The average Bonchev–Trinajstić information content (AvgIpc) is 2.85. The Morgan fingerprint density at radius 3 is 1.85 bits per heavy atom. The van der Waals surface area contributed by atoms with Gasteiger partial charge in [0, 0.05) is 11.1 Å². The van der Waals surface area contributed by atoms with Gasteiger partial charge in [-0.25, -0.2) is 9.69 Å². The number of aryl methyl sites for hydroxylation is 1. The second-order valence-electron chi connectivity index (χ2n) is 7.48. The summed E-state index contributed by atoms with van der Waals surface area (Å²) in [6.45, 7) is 1.98. The lowest BCUT2D eigenvalue weighted by Crippen LogP contribution is -2.29. The average molecular weight is 434 g/mol. The zero-order valence-electron chi connectivity index (χ0n) is 18.2. The van der Waals surface area contributed by atoms with Crippen LogP contribution in [0.25, 0.3) is 6.08 Å². The van der Waals surface area contributed by atoms with E-state index < -0.39 is 6.09 Å². The van der Waals surface area contributed by atoms with Gasteiger partial charge >= 0.3 is 6.09 Å². The molecule has 0 aromatic heterocycles. The standard InChI is InChI=1S/C29H23NO3/c1-22-16-18-23(19-17-22)27(31)21-20-24-10-8-9-15-28(24)33-29(32)30(25-11-4-2-5-12-25)26-13-6-3-7-14-26/h2-21H,1H3. The largest absolute Gasteiger partial charge is 0.424 e. The zero-order valence-corrected chi connectivity index (χ0v) is 18.2. The first-order valence-electron chi connectivity index (χ1n) is 10.6. The van der Waals surface area contributed by atoms with Crippen LogP contribution in [0.15, 0.2) is 115 Å². The number of anilines is 2. The molecular weight excluding hydrogens is 410 g/mol. The van der Waals surface area contributed by atoms with Gasteiger partial charge in [0.25, 0.3) is 0 Å². The van der Waals surface area contributed by atoms with Crippen LogP contribution in [0.1, 0.15) is 21.5 Å². The van der Waals surface area contributed by atoms with Crippen molar-refractivity contribution < 1.29 is 14.3 Å². The van der Waals surface area contributed by atoms with Gasteiger partial charge in [0.05, 0.1) is 11.4 Å². The third-order valence-electron chi connectivity index (χ3n) is 5.08. The lowest BCUT2D eigenvalue weighted by molar-refractivity contribution is 0.104. The van der Waals surface area contributed by atoms with Crippen molar-refractivity contribution in [2.45, 2.75) is 6.92 Å². The van der Waals surface area contributed by atoms with Crippen LogP contribution in [-0.2, 0) is 0 Å². The molecular formula is C29H23NO3. The van der Waals surface area contributed by atoms with E-state index in [1.54, 1.807) is 36.4 Å². The van der Waals surface area contributed by atoms with Crippen LogP contribution < -0.4 is 9.64 Å². The molecule has 0 N–H and O–H groups in total. The van der Waals surface area contributed by atoms with Crippen molar-refractivity contribution in [1.29, 1.82) is 0 Å². The minimum Gasteiger partial charge on any atom is -0.409 e. The summed E-state index contributed by atoms with van der Waals surface area (Å²) in [5, 5.41) is 0. The third kappa shape index (κ3) is 5.43. The molecule has 0 unspecified atom stereocenters. The minimum absolute atomic E-state index is 0.119. The Hall–Kier alpha value is -4.44. The second-order valence-corrected chi connectivity index (χ2v) is 7.48. The monoisotopic (exact) mass is 433 g/mol. The minimum atomic E-state index is -0.543. The fraction of sp³-hybridized carbons (Fsp3) is 0.0345. The Bertz CT molecular complexity index is 1220. The SMILES string of the molecule is Cc1ccc(C(=O)C=Cc2ccccc2OC(=O)N(c2ccccc2)c2ccccc2)cc1. The first kappa shape index (κ1) is 21.8. The van der Waals surface area contributed by atoms with Crippen LogP contribution >= 0.6 is 0 Å². The Kier molecular flexibility index (Phi) is 6.76. The van der Waals surface area contributed by atoms with E-state index in [0.29, 0.717) is 28.3 Å². The molecule has 0 aliphatic heterocycles.